The highest BCUT2D eigenvalue weighted by atomic mass is 16.4. The second kappa shape index (κ2) is 3.69. The molecule has 2 unspecified atom stereocenters. The van der Waals surface area contributed by atoms with Gasteiger partial charge in [0.1, 0.15) is 0 Å². The van der Waals surface area contributed by atoms with E-state index < -0.39 is 5.97 Å². The van der Waals surface area contributed by atoms with E-state index in [1.54, 1.807) is 0 Å². The van der Waals surface area contributed by atoms with Crippen LogP contribution in [0, 0.1) is 17.8 Å². The molecule has 1 N–H and O–H groups in total. The molecule has 2 saturated carbocycles. The van der Waals surface area contributed by atoms with Gasteiger partial charge in [-0.3, -0.25) is 4.79 Å². The zero-order chi connectivity index (χ0) is 9.26. The Hall–Kier alpha value is -0.530. The van der Waals surface area contributed by atoms with Gasteiger partial charge < -0.3 is 5.11 Å². The molecule has 2 atom stereocenters. The summed E-state index contributed by atoms with van der Waals surface area (Å²) < 4.78 is 0. The van der Waals surface area contributed by atoms with Gasteiger partial charge in [0, 0.05) is 0 Å². The lowest BCUT2D eigenvalue weighted by atomic mass is 9.89. The monoisotopic (exact) mass is 182 g/mol. The zero-order valence-electron chi connectivity index (χ0n) is 8.04. The standard InChI is InChI=1S/C11H18O2/c12-11(13)10-6-5-9(7-10)8-3-1-2-4-8/h8-10H,1-7H2,(H,12,13). The van der Waals surface area contributed by atoms with Crippen LogP contribution < -0.4 is 0 Å². The number of carboxylic acid groups (broad SMARTS) is 1. The Labute approximate surface area is 79.3 Å². The molecule has 0 aromatic carbocycles. The Bertz CT molecular complexity index is 194. The molecular weight excluding hydrogens is 164 g/mol. The normalized spacial score (nSPS) is 35.4. The van der Waals surface area contributed by atoms with Gasteiger partial charge in [0.15, 0.2) is 0 Å². The van der Waals surface area contributed by atoms with Crippen molar-refractivity contribution in [2.75, 3.05) is 0 Å². The van der Waals surface area contributed by atoms with Gasteiger partial charge in [-0.25, -0.2) is 0 Å². The van der Waals surface area contributed by atoms with Gasteiger partial charge in [0.05, 0.1) is 5.92 Å². The number of rotatable bonds is 2. The minimum Gasteiger partial charge on any atom is -0.481 e. The van der Waals surface area contributed by atoms with Gasteiger partial charge in [-0.2, -0.15) is 0 Å². The summed E-state index contributed by atoms with van der Waals surface area (Å²) in [6, 6.07) is 0. The molecule has 0 spiro atoms. The topological polar surface area (TPSA) is 37.3 Å². The van der Waals surface area contributed by atoms with Crippen LogP contribution in [0.1, 0.15) is 44.9 Å². The minimum absolute atomic E-state index is 0.0226. The summed E-state index contributed by atoms with van der Waals surface area (Å²) in [6.45, 7) is 0. The van der Waals surface area contributed by atoms with Crippen LogP contribution in [0.4, 0.5) is 0 Å². The third-order valence-corrected chi connectivity index (χ3v) is 3.89. The summed E-state index contributed by atoms with van der Waals surface area (Å²) in [5.74, 6) is 1.01. The van der Waals surface area contributed by atoms with Crippen molar-refractivity contribution in [2.45, 2.75) is 44.9 Å². The average molecular weight is 182 g/mol. The maximum absolute atomic E-state index is 10.8. The molecule has 0 aromatic heterocycles. The van der Waals surface area contributed by atoms with Gasteiger partial charge in [-0.1, -0.05) is 25.7 Å². The molecule has 2 aliphatic rings. The predicted molar refractivity (Wildman–Crippen MR) is 50.4 cm³/mol. The Kier molecular flexibility index (Phi) is 2.56. The first kappa shape index (κ1) is 9.04. The molecule has 0 saturated heterocycles. The molecule has 2 fully saturated rings. The Morgan fingerprint density at radius 1 is 1.00 bits per heavy atom. The Morgan fingerprint density at radius 2 is 1.69 bits per heavy atom. The quantitative estimate of drug-likeness (QED) is 0.713. The van der Waals surface area contributed by atoms with Crippen molar-refractivity contribution >= 4 is 5.97 Å². The van der Waals surface area contributed by atoms with Crippen molar-refractivity contribution < 1.29 is 9.90 Å². The summed E-state index contributed by atoms with van der Waals surface area (Å²) in [7, 11) is 0. The van der Waals surface area contributed by atoms with Crippen LogP contribution in [0.3, 0.4) is 0 Å². The van der Waals surface area contributed by atoms with E-state index in [0.717, 1.165) is 24.7 Å². The fourth-order valence-electron chi connectivity index (χ4n) is 3.10. The van der Waals surface area contributed by atoms with E-state index in [1.807, 2.05) is 0 Å². The molecule has 2 rings (SSSR count). The SMILES string of the molecule is O=C(O)C1CCC(C2CCCC2)C1. The lowest BCUT2D eigenvalue weighted by Crippen LogP contribution is -2.12. The lowest BCUT2D eigenvalue weighted by molar-refractivity contribution is -0.141. The highest BCUT2D eigenvalue weighted by Gasteiger charge is 2.35. The number of carboxylic acids is 1. The molecular formula is C11H18O2. The first-order valence-corrected chi connectivity index (χ1v) is 5.50. The van der Waals surface area contributed by atoms with E-state index in [2.05, 4.69) is 0 Å². The van der Waals surface area contributed by atoms with Crippen LogP contribution >= 0.6 is 0 Å². The van der Waals surface area contributed by atoms with E-state index >= 15 is 0 Å². The number of aliphatic carboxylic acids is 1. The fraction of sp³-hybridized carbons (Fsp3) is 0.909. The summed E-state index contributed by atoms with van der Waals surface area (Å²) >= 11 is 0. The second-order valence-electron chi connectivity index (χ2n) is 4.65. The first-order chi connectivity index (χ1) is 6.27. The summed E-state index contributed by atoms with van der Waals surface area (Å²) in [6.07, 6.45) is 8.52. The van der Waals surface area contributed by atoms with Gasteiger partial charge in [0.25, 0.3) is 0 Å². The summed E-state index contributed by atoms with van der Waals surface area (Å²) in [5.41, 5.74) is 0. The van der Waals surface area contributed by atoms with Gasteiger partial charge in [0.2, 0.25) is 0 Å². The second-order valence-corrected chi connectivity index (χ2v) is 4.65. The van der Waals surface area contributed by atoms with Crippen LogP contribution in [0.2, 0.25) is 0 Å². The average Bonchev–Trinajstić information content (AvgIpc) is 2.75. The molecule has 13 heavy (non-hydrogen) atoms. The number of hydrogen-bond donors (Lipinski definition) is 1. The van der Waals surface area contributed by atoms with Gasteiger partial charge in [-0.15, -0.1) is 0 Å². The van der Waals surface area contributed by atoms with Crippen molar-refractivity contribution in [3.63, 3.8) is 0 Å². The smallest absolute Gasteiger partial charge is 0.306 e. The maximum Gasteiger partial charge on any atom is 0.306 e. The lowest BCUT2D eigenvalue weighted by Gasteiger charge is -2.16. The van der Waals surface area contributed by atoms with E-state index in [0.29, 0.717) is 0 Å². The van der Waals surface area contributed by atoms with E-state index in [4.69, 9.17) is 5.11 Å². The first-order valence-electron chi connectivity index (χ1n) is 5.50. The Morgan fingerprint density at radius 3 is 2.23 bits per heavy atom. The Balaban J connectivity index is 1.86. The van der Waals surface area contributed by atoms with Crippen LogP contribution in [-0.4, -0.2) is 11.1 Å². The molecule has 0 aromatic rings. The van der Waals surface area contributed by atoms with Crippen molar-refractivity contribution in [3.05, 3.63) is 0 Å². The van der Waals surface area contributed by atoms with Gasteiger partial charge >= 0.3 is 5.97 Å². The molecule has 2 nitrogen and oxygen atoms in total. The third-order valence-electron chi connectivity index (χ3n) is 3.89. The highest BCUT2D eigenvalue weighted by Crippen LogP contribution is 2.42. The molecule has 74 valence electrons. The number of hydrogen-bond acceptors (Lipinski definition) is 1. The van der Waals surface area contributed by atoms with Crippen LogP contribution in [0.15, 0.2) is 0 Å². The van der Waals surface area contributed by atoms with Crippen molar-refractivity contribution in [1.29, 1.82) is 0 Å². The molecule has 0 radical (unpaired) electrons. The van der Waals surface area contributed by atoms with Crippen LogP contribution in [-0.2, 0) is 4.79 Å². The summed E-state index contributed by atoms with van der Waals surface area (Å²) in [5, 5.41) is 8.87. The van der Waals surface area contributed by atoms with Crippen LogP contribution in [0.25, 0.3) is 0 Å². The molecule has 2 aliphatic carbocycles. The highest BCUT2D eigenvalue weighted by molar-refractivity contribution is 5.70. The minimum atomic E-state index is -0.569. The van der Waals surface area contributed by atoms with Crippen molar-refractivity contribution in [2.24, 2.45) is 17.8 Å². The van der Waals surface area contributed by atoms with E-state index in [1.165, 1.54) is 32.1 Å². The fourth-order valence-corrected chi connectivity index (χ4v) is 3.10. The molecule has 0 bridgehead atoms. The van der Waals surface area contributed by atoms with E-state index in [-0.39, 0.29) is 5.92 Å². The summed E-state index contributed by atoms with van der Waals surface area (Å²) in [4.78, 5) is 10.8. The predicted octanol–water partition coefficient (Wildman–Crippen LogP) is 2.68. The van der Waals surface area contributed by atoms with Crippen molar-refractivity contribution in [3.8, 4) is 0 Å². The van der Waals surface area contributed by atoms with E-state index in [9.17, 15) is 4.79 Å². The maximum atomic E-state index is 10.8. The zero-order valence-corrected chi connectivity index (χ0v) is 8.04. The van der Waals surface area contributed by atoms with Crippen LogP contribution in [0.5, 0.6) is 0 Å². The molecule has 0 heterocycles. The third kappa shape index (κ3) is 1.87. The molecule has 2 heteroatoms. The van der Waals surface area contributed by atoms with Crippen molar-refractivity contribution in [1.82, 2.24) is 0 Å². The van der Waals surface area contributed by atoms with Gasteiger partial charge in [-0.05, 0) is 31.1 Å². The molecule has 0 amide bonds. The number of carbonyl (C=O) groups is 1. The molecule has 0 aliphatic heterocycles. The largest absolute Gasteiger partial charge is 0.481 e.